The Morgan fingerprint density at radius 3 is 2.22 bits per heavy atom. The highest BCUT2D eigenvalue weighted by atomic mass is 15.2. The van der Waals surface area contributed by atoms with Crippen molar-refractivity contribution in [1.82, 2.24) is 9.80 Å². The summed E-state index contributed by atoms with van der Waals surface area (Å²) in [6, 6.07) is 2.39. The minimum Gasteiger partial charge on any atom is -0.369 e. The van der Waals surface area contributed by atoms with Crippen LogP contribution < -0.4 is 0 Å². The zero-order valence-electron chi connectivity index (χ0n) is 38.3. The predicted molar refractivity (Wildman–Crippen MR) is 261 cm³/mol. The number of allylic oxidation sites excluding steroid dienone is 22. The van der Waals surface area contributed by atoms with Crippen LogP contribution in [0.15, 0.2) is 144 Å². The van der Waals surface area contributed by atoms with E-state index in [2.05, 4.69) is 131 Å². The molecule has 330 valence electrons. The van der Waals surface area contributed by atoms with Gasteiger partial charge < -0.3 is 9.80 Å². The lowest BCUT2D eigenvalue weighted by Gasteiger charge is -2.54. The number of hydrogen-bond donors (Lipinski definition) is 0. The molecule has 0 saturated heterocycles. The standard InChI is InChI=1S/C61H76N2/c1-4-19-41(20-5-1)62(42-21-6-2-7-22-42)45-36-38-52-51-29-14-16-31-55(51)61(58(52)40-45)56-32-17-15-30-53(56)60-57(61)33-18-34-59(60)63(43-23-8-3-9-24-43)44-35-37-50-48-27-11-10-25-46(48)47-26-12-13-28-49(47)54(50)39-44/h1,4,6,11-14,16,18-19,21,26-29,31,33-34,36,38,42-45,47,49-58,60H,2-3,5,7-10,15,17,20,22-25,30,32,35,37,39-40H2. The molecule has 1 spiro atoms. The fourth-order valence-corrected chi connectivity index (χ4v) is 18.8. The van der Waals surface area contributed by atoms with Gasteiger partial charge in [0.1, 0.15) is 0 Å². The van der Waals surface area contributed by atoms with Gasteiger partial charge in [0.15, 0.2) is 0 Å². The van der Waals surface area contributed by atoms with Crippen LogP contribution in [0.2, 0.25) is 0 Å². The molecule has 16 atom stereocenters. The van der Waals surface area contributed by atoms with E-state index in [9.17, 15) is 0 Å². The van der Waals surface area contributed by atoms with Gasteiger partial charge in [-0.25, -0.2) is 0 Å². The molecule has 0 aromatic heterocycles. The Morgan fingerprint density at radius 1 is 0.492 bits per heavy atom. The SMILES string of the molecule is C1=CCCC(N(C2C=CCCC2)C2C=CC3C4C=CC=CC4C4(C5C=CC=C(N(C6CCCCC6)C6CCC7C8=C(CCC=C8)C8C=CC=CC8C7C6)C5C5CCCCC54)C3C2)=C1. The fourth-order valence-electron chi connectivity index (χ4n) is 18.8. The third kappa shape index (κ3) is 6.27. The molecule has 0 N–H and O–H groups in total. The molecule has 0 aromatic rings. The van der Waals surface area contributed by atoms with E-state index < -0.39 is 0 Å². The second-order valence-electron chi connectivity index (χ2n) is 23.0. The smallest absolute Gasteiger partial charge is 0.0479 e. The van der Waals surface area contributed by atoms with Crippen LogP contribution >= 0.6 is 0 Å². The van der Waals surface area contributed by atoms with Crippen LogP contribution in [0.1, 0.15) is 128 Å². The highest BCUT2D eigenvalue weighted by Crippen LogP contribution is 2.76. The van der Waals surface area contributed by atoms with Gasteiger partial charge in [-0.05, 0) is 179 Å². The summed E-state index contributed by atoms with van der Waals surface area (Å²) in [7, 11) is 0. The predicted octanol–water partition coefficient (Wildman–Crippen LogP) is 14.5. The average molecular weight is 837 g/mol. The van der Waals surface area contributed by atoms with Crippen molar-refractivity contribution in [2.45, 2.75) is 153 Å². The zero-order chi connectivity index (χ0) is 41.5. The van der Waals surface area contributed by atoms with Gasteiger partial charge in [0.05, 0.1) is 0 Å². The summed E-state index contributed by atoms with van der Waals surface area (Å²) in [6.45, 7) is 0. The second-order valence-corrected chi connectivity index (χ2v) is 23.0. The van der Waals surface area contributed by atoms with Gasteiger partial charge in [0, 0.05) is 47.4 Å². The Labute approximate surface area is 381 Å². The molecule has 0 amide bonds. The summed E-state index contributed by atoms with van der Waals surface area (Å²) >= 11 is 0. The van der Waals surface area contributed by atoms with E-state index in [1.807, 2.05) is 5.70 Å². The van der Waals surface area contributed by atoms with Gasteiger partial charge in [-0.3, -0.25) is 0 Å². The molecule has 0 aliphatic heterocycles. The Kier molecular flexibility index (Phi) is 10.4. The molecule has 13 rings (SSSR count). The molecule has 0 radical (unpaired) electrons. The maximum absolute atomic E-state index is 3.28. The average Bonchev–Trinajstić information content (AvgIpc) is 3.83. The van der Waals surface area contributed by atoms with Crippen LogP contribution in [0, 0.1) is 76.4 Å². The molecule has 5 fully saturated rings. The molecule has 0 aromatic carbocycles. The summed E-state index contributed by atoms with van der Waals surface area (Å²) in [5.41, 5.74) is 7.32. The van der Waals surface area contributed by atoms with E-state index in [-0.39, 0.29) is 0 Å². The van der Waals surface area contributed by atoms with Crippen LogP contribution in [0.3, 0.4) is 0 Å². The van der Waals surface area contributed by atoms with Gasteiger partial charge in [0.25, 0.3) is 0 Å². The Balaban J connectivity index is 0.890. The summed E-state index contributed by atoms with van der Waals surface area (Å²) in [6.07, 6.45) is 78.9. The zero-order valence-corrected chi connectivity index (χ0v) is 38.3. The molecule has 16 unspecified atom stereocenters. The van der Waals surface area contributed by atoms with Gasteiger partial charge in [0.2, 0.25) is 0 Å². The van der Waals surface area contributed by atoms with Crippen molar-refractivity contribution in [1.29, 1.82) is 0 Å². The highest BCUT2D eigenvalue weighted by Gasteiger charge is 2.72. The van der Waals surface area contributed by atoms with Crippen molar-refractivity contribution in [3.63, 3.8) is 0 Å². The van der Waals surface area contributed by atoms with Crippen molar-refractivity contribution in [2.24, 2.45) is 76.4 Å². The quantitative estimate of drug-likeness (QED) is 0.246. The third-order valence-electron chi connectivity index (χ3n) is 20.7. The summed E-state index contributed by atoms with van der Waals surface area (Å²) in [4.78, 5) is 6.25. The molecular weight excluding hydrogens is 761 g/mol. The molecule has 2 nitrogen and oxygen atoms in total. The normalized spacial score (nSPS) is 45.2. The van der Waals surface area contributed by atoms with Crippen molar-refractivity contribution >= 4 is 0 Å². The molecular formula is C61H76N2. The first-order chi connectivity index (χ1) is 31.3. The molecule has 13 aliphatic carbocycles. The monoisotopic (exact) mass is 837 g/mol. The minimum atomic E-state index is 0.308. The van der Waals surface area contributed by atoms with Crippen LogP contribution in [0.4, 0.5) is 0 Å². The summed E-state index contributed by atoms with van der Waals surface area (Å²) < 4.78 is 0. The van der Waals surface area contributed by atoms with Crippen LogP contribution in [0.5, 0.6) is 0 Å². The summed E-state index contributed by atoms with van der Waals surface area (Å²) in [5, 5.41) is 0. The fraction of sp³-hybridized carbons (Fsp3) is 0.607. The third-order valence-corrected chi connectivity index (χ3v) is 20.7. The van der Waals surface area contributed by atoms with Crippen molar-refractivity contribution in [3.8, 4) is 0 Å². The summed E-state index contributed by atoms with van der Waals surface area (Å²) in [5.74, 6) is 8.36. The van der Waals surface area contributed by atoms with Crippen molar-refractivity contribution in [3.05, 3.63) is 144 Å². The first-order valence-electron chi connectivity index (χ1n) is 27.0. The maximum atomic E-state index is 3.28. The van der Waals surface area contributed by atoms with Gasteiger partial charge in [-0.2, -0.15) is 0 Å². The lowest BCUT2D eigenvalue weighted by atomic mass is 9.54. The topological polar surface area (TPSA) is 6.48 Å². The highest BCUT2D eigenvalue weighted by molar-refractivity contribution is 5.43. The largest absolute Gasteiger partial charge is 0.369 e. The number of hydrogen-bond acceptors (Lipinski definition) is 2. The number of nitrogens with zero attached hydrogens (tertiary/aromatic N) is 2. The maximum Gasteiger partial charge on any atom is 0.0479 e. The first-order valence-corrected chi connectivity index (χ1v) is 27.0. The van der Waals surface area contributed by atoms with E-state index in [1.165, 1.54) is 128 Å². The number of rotatable bonds is 6. The van der Waals surface area contributed by atoms with E-state index >= 15 is 0 Å². The lowest BCUT2D eigenvalue weighted by Crippen LogP contribution is -2.52. The van der Waals surface area contributed by atoms with E-state index in [1.54, 1.807) is 16.8 Å². The van der Waals surface area contributed by atoms with Crippen LogP contribution in [0.25, 0.3) is 0 Å². The van der Waals surface area contributed by atoms with Crippen molar-refractivity contribution < 1.29 is 0 Å². The van der Waals surface area contributed by atoms with Gasteiger partial charge in [-0.15, -0.1) is 0 Å². The van der Waals surface area contributed by atoms with E-state index in [0.717, 1.165) is 23.7 Å². The second kappa shape index (κ2) is 16.4. The van der Waals surface area contributed by atoms with E-state index in [0.29, 0.717) is 76.9 Å². The number of fused-ring (bicyclic) bond motifs is 15. The Bertz CT molecular complexity index is 2150. The molecule has 0 heterocycles. The molecule has 2 heteroatoms. The molecule has 5 saturated carbocycles. The first kappa shape index (κ1) is 39.8. The lowest BCUT2D eigenvalue weighted by molar-refractivity contribution is 0.00677. The van der Waals surface area contributed by atoms with Crippen LogP contribution in [-0.4, -0.2) is 34.0 Å². The van der Waals surface area contributed by atoms with Crippen LogP contribution in [-0.2, 0) is 0 Å². The van der Waals surface area contributed by atoms with Gasteiger partial charge >= 0.3 is 0 Å². The molecule has 63 heavy (non-hydrogen) atoms. The molecule has 13 aliphatic rings. The molecule has 0 bridgehead atoms. The Morgan fingerprint density at radius 2 is 1.33 bits per heavy atom. The van der Waals surface area contributed by atoms with E-state index in [4.69, 9.17) is 0 Å². The van der Waals surface area contributed by atoms with Crippen molar-refractivity contribution in [2.75, 3.05) is 0 Å². The minimum absolute atomic E-state index is 0.308. The Hall–Kier alpha value is -3.52. The van der Waals surface area contributed by atoms with Gasteiger partial charge in [-0.1, -0.05) is 147 Å².